The molecule has 0 saturated heterocycles. The van der Waals surface area contributed by atoms with Gasteiger partial charge in [-0.3, -0.25) is 0 Å². The third kappa shape index (κ3) is 10.0. The number of rotatable bonds is 8. The second kappa shape index (κ2) is 22.2. The molecule has 0 spiro atoms. The van der Waals surface area contributed by atoms with Crippen molar-refractivity contribution in [3.8, 4) is 56.0 Å². The highest BCUT2D eigenvalue weighted by Gasteiger charge is 2.49. The van der Waals surface area contributed by atoms with Crippen LogP contribution in [0.4, 0.5) is 45.5 Å². The van der Waals surface area contributed by atoms with E-state index in [1.807, 2.05) is 0 Å². The van der Waals surface area contributed by atoms with E-state index in [-0.39, 0.29) is 33.9 Å². The van der Waals surface area contributed by atoms with E-state index >= 15 is 0 Å². The van der Waals surface area contributed by atoms with Crippen molar-refractivity contribution in [3.05, 3.63) is 288 Å². The van der Waals surface area contributed by atoms with Crippen LogP contribution in [0.5, 0.6) is 0 Å². The molecule has 0 saturated carbocycles. The van der Waals surface area contributed by atoms with Crippen molar-refractivity contribution in [1.82, 2.24) is 0 Å². The standard InChI is InChI=1S/C93H84BN3O2/c1-89(2,3)60-34-41-64(42-35-60)95(65-43-36-61(37-44-65)90(4,5)6)67-47-48-77-70(51-67)71-52-72-73-53-74-68-32-24-25-33-83(68)98-88(74)85-84(73)94(97(81(72)56-78(71)93(77,13)14)66-45-38-62(39-46-66)91(7,8)9)79-54-75-76(87(59-30-22-17-23-31-59)99-86(75)58-28-20-16-21-29-58)55-82(79)96(85)80-49-40-63(92(10,11)12)50-69(80)57-26-18-15-19-27-57/h15-56H,1-14H3. The number of para-hydroxylation sites is 1. The van der Waals surface area contributed by atoms with Crippen molar-refractivity contribution in [3.63, 3.8) is 0 Å². The fourth-order valence-corrected chi connectivity index (χ4v) is 16.2. The second-order valence-corrected chi connectivity index (χ2v) is 32.6. The van der Waals surface area contributed by atoms with Gasteiger partial charge in [0.05, 0.1) is 11.4 Å². The van der Waals surface area contributed by atoms with Crippen LogP contribution in [0.3, 0.4) is 0 Å². The van der Waals surface area contributed by atoms with E-state index in [9.17, 15) is 0 Å². The minimum Gasteiger partial charge on any atom is -0.455 e. The fraction of sp³-hybridized carbons (Fsp3) is 0.204. The lowest BCUT2D eigenvalue weighted by Crippen LogP contribution is -2.61. The van der Waals surface area contributed by atoms with Crippen molar-refractivity contribution in [2.24, 2.45) is 0 Å². The molecule has 3 aliphatic rings. The van der Waals surface area contributed by atoms with Crippen LogP contribution in [0.15, 0.2) is 264 Å². The minimum absolute atomic E-state index is 0.00889. The Balaban J connectivity index is 0.996. The Morgan fingerprint density at radius 2 is 0.859 bits per heavy atom. The molecule has 0 radical (unpaired) electrons. The van der Waals surface area contributed by atoms with Crippen molar-refractivity contribution in [1.29, 1.82) is 0 Å². The first kappa shape index (κ1) is 62.0. The Morgan fingerprint density at radius 1 is 0.354 bits per heavy atom. The normalized spacial score (nSPS) is 14.0. The summed E-state index contributed by atoms with van der Waals surface area (Å²) in [5.41, 5.74) is 29.1. The molecule has 12 aromatic carbocycles. The zero-order valence-electron chi connectivity index (χ0n) is 59.5. The van der Waals surface area contributed by atoms with Gasteiger partial charge in [-0.2, -0.15) is 0 Å². The van der Waals surface area contributed by atoms with Gasteiger partial charge in [0.2, 0.25) is 0 Å². The van der Waals surface area contributed by atoms with E-state index in [1.165, 1.54) is 61.1 Å². The average molecular weight is 1290 g/mol. The molecule has 5 nitrogen and oxygen atoms in total. The van der Waals surface area contributed by atoms with Gasteiger partial charge in [0.15, 0.2) is 5.58 Å². The monoisotopic (exact) mass is 1290 g/mol. The first-order chi connectivity index (χ1) is 47.4. The number of hydrogen-bond acceptors (Lipinski definition) is 5. The van der Waals surface area contributed by atoms with Crippen LogP contribution in [0, 0.1) is 0 Å². The van der Waals surface area contributed by atoms with E-state index in [2.05, 4.69) is 366 Å². The average Bonchev–Trinajstić information content (AvgIpc) is 1.67. The summed E-state index contributed by atoms with van der Waals surface area (Å²) in [6.45, 7) is 32.1. The highest BCUT2D eigenvalue weighted by atomic mass is 16.3. The predicted octanol–water partition coefficient (Wildman–Crippen LogP) is 25.0. The summed E-state index contributed by atoms with van der Waals surface area (Å²) >= 11 is 0. The van der Waals surface area contributed by atoms with E-state index < -0.39 is 0 Å². The quantitative estimate of drug-likeness (QED) is 0.142. The highest BCUT2D eigenvalue weighted by molar-refractivity contribution is 6.94. The minimum atomic E-state index is -0.376. The number of anilines is 8. The molecule has 2 aliphatic heterocycles. The summed E-state index contributed by atoms with van der Waals surface area (Å²) in [7, 11) is 0. The van der Waals surface area contributed by atoms with Crippen LogP contribution in [0.25, 0.3) is 88.7 Å². The topological polar surface area (TPSA) is 36.0 Å². The Hall–Kier alpha value is -10.6. The molecule has 6 heteroatoms. The first-order valence-corrected chi connectivity index (χ1v) is 35.3. The number of hydrogen-bond donors (Lipinski definition) is 0. The van der Waals surface area contributed by atoms with Gasteiger partial charge in [0.25, 0.3) is 0 Å². The van der Waals surface area contributed by atoms with E-state index in [1.54, 1.807) is 0 Å². The van der Waals surface area contributed by atoms with Gasteiger partial charge in [-0.25, -0.2) is 0 Å². The van der Waals surface area contributed by atoms with Crippen LogP contribution in [-0.2, 0) is 27.1 Å². The third-order valence-corrected chi connectivity index (χ3v) is 21.7. The molecule has 0 atom stereocenters. The Bertz CT molecular complexity index is 5480. The Morgan fingerprint density at radius 3 is 1.43 bits per heavy atom. The molecule has 99 heavy (non-hydrogen) atoms. The van der Waals surface area contributed by atoms with Crippen molar-refractivity contribution in [2.45, 2.75) is 124 Å². The number of fused-ring (bicyclic) bond motifs is 12. The number of furan rings is 2. The lowest BCUT2D eigenvalue weighted by molar-refractivity contribution is 0.590. The summed E-state index contributed by atoms with van der Waals surface area (Å²) in [4.78, 5) is 7.74. The molecule has 486 valence electrons. The summed E-state index contributed by atoms with van der Waals surface area (Å²) in [5, 5.41) is 4.24. The molecular weight excluding hydrogens is 1200 g/mol. The van der Waals surface area contributed by atoms with E-state index in [4.69, 9.17) is 8.83 Å². The van der Waals surface area contributed by atoms with Crippen LogP contribution in [-0.4, -0.2) is 6.85 Å². The summed E-state index contributed by atoms with van der Waals surface area (Å²) in [5.74, 6) is 1.67. The maximum Gasteiger partial charge on any atom is 0.333 e. The third-order valence-electron chi connectivity index (χ3n) is 21.7. The zero-order valence-corrected chi connectivity index (χ0v) is 59.5. The van der Waals surface area contributed by atoms with Crippen LogP contribution < -0.4 is 25.5 Å². The van der Waals surface area contributed by atoms with Gasteiger partial charge in [-0.15, -0.1) is 0 Å². The molecule has 14 aromatic rings. The molecule has 0 amide bonds. The molecule has 0 fully saturated rings. The van der Waals surface area contributed by atoms with Crippen molar-refractivity contribution < 1.29 is 8.83 Å². The lowest BCUT2D eigenvalue weighted by Gasteiger charge is -2.46. The second-order valence-electron chi connectivity index (χ2n) is 32.6. The Kier molecular flexibility index (Phi) is 13.9. The van der Waals surface area contributed by atoms with Gasteiger partial charge in [-0.05, 0) is 179 Å². The molecule has 0 N–H and O–H groups in total. The fourth-order valence-electron chi connectivity index (χ4n) is 16.2. The Labute approximate surface area is 584 Å². The van der Waals surface area contributed by atoms with Gasteiger partial charge in [0, 0.05) is 83.3 Å². The van der Waals surface area contributed by atoms with Gasteiger partial charge >= 0.3 is 6.85 Å². The summed E-state index contributed by atoms with van der Waals surface area (Å²) in [6, 6.07) is 96.0. The molecule has 2 aromatic heterocycles. The lowest BCUT2D eigenvalue weighted by atomic mass is 9.43. The largest absolute Gasteiger partial charge is 0.455 e. The molecular formula is C93H84BN3O2. The predicted molar refractivity (Wildman–Crippen MR) is 421 cm³/mol. The number of benzene rings is 12. The van der Waals surface area contributed by atoms with Gasteiger partial charge in [-0.1, -0.05) is 261 Å². The number of nitrogens with zero attached hydrogens (tertiary/aromatic N) is 3. The summed E-state index contributed by atoms with van der Waals surface area (Å²) < 4.78 is 15.0. The SMILES string of the molecule is CC(C)(C)c1ccc(N2B3c4cc5c(-c6ccccc6)oc(-c6ccccc6)c5cc4N(c4ccc(C(C)(C)C)cc4-c4ccccc4)c4c3c(cc3c4oc4ccccc43)-c3cc4c(cc32)C(C)(C)c2ccc(N(c3ccc(C(C)(C)C)cc3)c3ccc(C(C)(C)C)cc3)cc2-4)cc1. The molecule has 1 aliphatic carbocycles. The van der Waals surface area contributed by atoms with E-state index in [0.29, 0.717) is 0 Å². The van der Waals surface area contributed by atoms with Crippen LogP contribution in [0.1, 0.15) is 130 Å². The summed E-state index contributed by atoms with van der Waals surface area (Å²) in [6.07, 6.45) is 0. The van der Waals surface area contributed by atoms with Crippen molar-refractivity contribution >= 4 is 96.0 Å². The maximum atomic E-state index is 7.56. The van der Waals surface area contributed by atoms with Crippen LogP contribution >= 0.6 is 0 Å². The first-order valence-electron chi connectivity index (χ1n) is 35.3. The van der Waals surface area contributed by atoms with E-state index in [0.717, 1.165) is 117 Å². The maximum absolute atomic E-state index is 7.56. The zero-order chi connectivity index (χ0) is 68.4. The van der Waals surface area contributed by atoms with Gasteiger partial charge in [0.1, 0.15) is 17.1 Å². The van der Waals surface area contributed by atoms with Gasteiger partial charge < -0.3 is 23.4 Å². The van der Waals surface area contributed by atoms with Crippen LogP contribution in [0.2, 0.25) is 0 Å². The molecule has 0 unspecified atom stereocenters. The smallest absolute Gasteiger partial charge is 0.333 e. The molecule has 4 heterocycles. The molecule has 0 bridgehead atoms. The molecule has 17 rings (SSSR count). The van der Waals surface area contributed by atoms with Crippen molar-refractivity contribution in [2.75, 3.05) is 14.6 Å². The highest BCUT2D eigenvalue weighted by Crippen LogP contribution is 2.59.